The lowest BCUT2D eigenvalue weighted by atomic mass is 10.2. The molecule has 138 valence electrons. The van der Waals surface area contributed by atoms with E-state index in [1.165, 1.54) is 35.6 Å². The Bertz CT molecular complexity index is 942. The highest BCUT2D eigenvalue weighted by Crippen LogP contribution is 2.17. The molecule has 3 aromatic rings. The fourth-order valence-corrected chi connectivity index (χ4v) is 3.08. The minimum atomic E-state index is -0.410. The van der Waals surface area contributed by atoms with Crippen LogP contribution in [0.25, 0.3) is 0 Å². The molecule has 2 N–H and O–H groups in total. The predicted molar refractivity (Wildman–Crippen MR) is 103 cm³/mol. The second-order valence-electron chi connectivity index (χ2n) is 5.68. The molecule has 1 heterocycles. The second-order valence-corrected chi connectivity index (χ2v) is 6.98. The van der Waals surface area contributed by atoms with E-state index in [1.807, 2.05) is 12.1 Å². The molecule has 0 aliphatic heterocycles. The predicted octanol–water partition coefficient (Wildman–Crippen LogP) is 4.05. The maximum Gasteiger partial charge on any atom is 0.257 e. The molecule has 0 bridgehead atoms. The van der Waals surface area contributed by atoms with Crippen LogP contribution in [-0.2, 0) is 17.8 Å². The molecular weight excluding hydrogens is 389 g/mol. The van der Waals surface area contributed by atoms with Gasteiger partial charge in [0.05, 0.1) is 12.1 Å². The molecule has 0 atom stereocenters. The van der Waals surface area contributed by atoms with Crippen LogP contribution in [0.3, 0.4) is 0 Å². The fraction of sp³-hybridized carbons (Fsp3) is 0.105. The van der Waals surface area contributed by atoms with Gasteiger partial charge >= 0.3 is 0 Å². The van der Waals surface area contributed by atoms with Gasteiger partial charge in [-0.05, 0) is 42.0 Å². The first-order valence-electron chi connectivity index (χ1n) is 8.02. The molecule has 0 saturated heterocycles. The van der Waals surface area contributed by atoms with Gasteiger partial charge in [-0.1, -0.05) is 23.7 Å². The summed E-state index contributed by atoms with van der Waals surface area (Å²) in [5, 5.41) is 8.18. The summed E-state index contributed by atoms with van der Waals surface area (Å²) in [6, 6.07) is 12.4. The average Bonchev–Trinajstić information content (AvgIpc) is 3.08. The van der Waals surface area contributed by atoms with Crippen molar-refractivity contribution in [3.63, 3.8) is 0 Å². The van der Waals surface area contributed by atoms with E-state index < -0.39 is 5.82 Å². The van der Waals surface area contributed by atoms with E-state index in [0.29, 0.717) is 28.0 Å². The van der Waals surface area contributed by atoms with Gasteiger partial charge in [-0.2, -0.15) is 0 Å². The highest BCUT2D eigenvalue weighted by molar-refractivity contribution is 7.14. The third kappa shape index (κ3) is 5.60. The number of thiazole rings is 1. The van der Waals surface area contributed by atoms with Gasteiger partial charge in [0.15, 0.2) is 5.13 Å². The minimum Gasteiger partial charge on any atom is -0.352 e. The Morgan fingerprint density at radius 3 is 2.48 bits per heavy atom. The van der Waals surface area contributed by atoms with Crippen LogP contribution in [-0.4, -0.2) is 16.8 Å². The Labute approximate surface area is 164 Å². The first-order chi connectivity index (χ1) is 13.0. The van der Waals surface area contributed by atoms with Gasteiger partial charge in [0, 0.05) is 22.5 Å². The Morgan fingerprint density at radius 2 is 1.78 bits per heavy atom. The first-order valence-corrected chi connectivity index (χ1v) is 9.28. The standard InChI is InChI=1S/C19H15ClFN3O2S/c20-14-5-1-12(2-6-14)10-22-17(25)9-16-11-27-19(23-16)24-18(26)13-3-7-15(21)8-4-13/h1-8,11H,9-10H2,(H,22,25)(H,23,24,26). The molecule has 0 saturated carbocycles. The molecule has 1 aromatic heterocycles. The van der Waals surface area contributed by atoms with E-state index in [2.05, 4.69) is 15.6 Å². The van der Waals surface area contributed by atoms with Crippen molar-refractivity contribution in [3.05, 3.63) is 81.6 Å². The minimum absolute atomic E-state index is 0.108. The van der Waals surface area contributed by atoms with Crippen molar-refractivity contribution >= 4 is 39.9 Å². The van der Waals surface area contributed by atoms with Crippen LogP contribution in [0.5, 0.6) is 0 Å². The topological polar surface area (TPSA) is 71.1 Å². The largest absolute Gasteiger partial charge is 0.352 e. The lowest BCUT2D eigenvalue weighted by molar-refractivity contribution is -0.120. The van der Waals surface area contributed by atoms with Crippen molar-refractivity contribution in [2.45, 2.75) is 13.0 Å². The molecule has 0 radical (unpaired) electrons. The summed E-state index contributed by atoms with van der Waals surface area (Å²) < 4.78 is 12.9. The van der Waals surface area contributed by atoms with E-state index in [1.54, 1.807) is 17.5 Å². The highest BCUT2D eigenvalue weighted by Gasteiger charge is 2.11. The van der Waals surface area contributed by atoms with Crippen molar-refractivity contribution in [3.8, 4) is 0 Å². The Morgan fingerprint density at radius 1 is 1.07 bits per heavy atom. The van der Waals surface area contributed by atoms with Gasteiger partial charge in [0.25, 0.3) is 5.91 Å². The number of carbonyl (C=O) groups is 2. The van der Waals surface area contributed by atoms with Gasteiger partial charge in [-0.3, -0.25) is 14.9 Å². The van der Waals surface area contributed by atoms with Crippen molar-refractivity contribution in [1.82, 2.24) is 10.3 Å². The SMILES string of the molecule is O=C(Cc1csc(NC(=O)c2ccc(F)cc2)n1)NCc1ccc(Cl)cc1. The highest BCUT2D eigenvalue weighted by atomic mass is 35.5. The molecule has 0 spiro atoms. The maximum absolute atomic E-state index is 12.9. The second kappa shape index (κ2) is 8.75. The molecule has 0 aliphatic rings. The quantitative estimate of drug-likeness (QED) is 0.652. The summed E-state index contributed by atoms with van der Waals surface area (Å²) in [5.74, 6) is -0.970. The molecule has 3 rings (SSSR count). The van der Waals surface area contributed by atoms with Gasteiger partial charge in [-0.25, -0.2) is 9.37 Å². The van der Waals surface area contributed by atoms with E-state index in [4.69, 9.17) is 11.6 Å². The zero-order valence-corrected chi connectivity index (χ0v) is 15.6. The molecule has 27 heavy (non-hydrogen) atoms. The number of rotatable bonds is 6. The molecule has 0 aliphatic carbocycles. The maximum atomic E-state index is 12.9. The molecular formula is C19H15ClFN3O2S. The number of hydrogen-bond donors (Lipinski definition) is 2. The zero-order valence-electron chi connectivity index (χ0n) is 14.0. The fourth-order valence-electron chi connectivity index (χ4n) is 2.25. The summed E-state index contributed by atoms with van der Waals surface area (Å²) in [4.78, 5) is 28.4. The van der Waals surface area contributed by atoms with E-state index >= 15 is 0 Å². The van der Waals surface area contributed by atoms with E-state index in [0.717, 1.165) is 5.56 Å². The summed E-state index contributed by atoms with van der Waals surface area (Å²) in [7, 11) is 0. The lowest BCUT2D eigenvalue weighted by Gasteiger charge is -2.04. The molecule has 2 amide bonds. The third-order valence-electron chi connectivity index (χ3n) is 3.62. The monoisotopic (exact) mass is 403 g/mol. The molecule has 8 heteroatoms. The summed E-state index contributed by atoms with van der Waals surface area (Å²) >= 11 is 7.05. The zero-order chi connectivity index (χ0) is 19.2. The van der Waals surface area contributed by atoms with E-state index in [9.17, 15) is 14.0 Å². The number of halogens is 2. The molecule has 2 aromatic carbocycles. The smallest absolute Gasteiger partial charge is 0.257 e. The number of hydrogen-bond acceptors (Lipinski definition) is 4. The van der Waals surface area contributed by atoms with Crippen molar-refractivity contribution in [2.24, 2.45) is 0 Å². The lowest BCUT2D eigenvalue weighted by Crippen LogP contribution is -2.24. The third-order valence-corrected chi connectivity index (χ3v) is 4.68. The number of benzene rings is 2. The Hall–Kier alpha value is -2.77. The Kier molecular flexibility index (Phi) is 6.16. The van der Waals surface area contributed by atoms with Gasteiger partial charge in [0.2, 0.25) is 5.91 Å². The number of carbonyl (C=O) groups excluding carboxylic acids is 2. The van der Waals surface area contributed by atoms with Gasteiger partial charge in [-0.15, -0.1) is 11.3 Å². The number of nitrogens with zero attached hydrogens (tertiary/aromatic N) is 1. The van der Waals surface area contributed by atoms with Crippen LogP contribution in [0, 0.1) is 5.82 Å². The van der Waals surface area contributed by atoms with Crippen LogP contribution in [0.1, 0.15) is 21.6 Å². The first kappa shape index (κ1) is 19.0. The molecule has 5 nitrogen and oxygen atoms in total. The van der Waals surface area contributed by atoms with Crippen LogP contribution in [0.2, 0.25) is 5.02 Å². The summed E-state index contributed by atoms with van der Waals surface area (Å²) in [6.45, 7) is 0.397. The Balaban J connectivity index is 1.51. The number of amides is 2. The normalized spacial score (nSPS) is 10.4. The van der Waals surface area contributed by atoms with Crippen molar-refractivity contribution in [1.29, 1.82) is 0 Å². The molecule has 0 fully saturated rings. The average molecular weight is 404 g/mol. The van der Waals surface area contributed by atoms with Gasteiger partial charge < -0.3 is 5.32 Å². The van der Waals surface area contributed by atoms with Crippen LogP contribution in [0.4, 0.5) is 9.52 Å². The van der Waals surface area contributed by atoms with Crippen LogP contribution < -0.4 is 10.6 Å². The number of aromatic nitrogens is 1. The molecule has 0 unspecified atom stereocenters. The van der Waals surface area contributed by atoms with Crippen LogP contribution >= 0.6 is 22.9 Å². The van der Waals surface area contributed by atoms with Crippen molar-refractivity contribution < 1.29 is 14.0 Å². The number of nitrogens with one attached hydrogen (secondary N) is 2. The van der Waals surface area contributed by atoms with Crippen molar-refractivity contribution in [2.75, 3.05) is 5.32 Å². The summed E-state index contributed by atoms with van der Waals surface area (Å²) in [6.07, 6.45) is 0.108. The number of anilines is 1. The van der Waals surface area contributed by atoms with Gasteiger partial charge in [0.1, 0.15) is 5.82 Å². The van der Waals surface area contributed by atoms with E-state index in [-0.39, 0.29) is 18.2 Å². The van der Waals surface area contributed by atoms with Crippen LogP contribution in [0.15, 0.2) is 53.9 Å². The summed E-state index contributed by atoms with van der Waals surface area (Å²) in [5.41, 5.74) is 1.83.